The van der Waals surface area contributed by atoms with Gasteiger partial charge in [-0.15, -0.1) is 13.2 Å². The lowest BCUT2D eigenvalue weighted by molar-refractivity contribution is -0.275. The highest BCUT2D eigenvalue weighted by atomic mass is 19.4. The van der Waals surface area contributed by atoms with Crippen molar-refractivity contribution in [1.82, 2.24) is 4.90 Å². The number of aliphatic hydroxyl groups is 1. The molecule has 108 valence electrons. The number of ether oxygens (including phenoxy) is 1. The molecule has 0 aliphatic heterocycles. The molecule has 0 saturated heterocycles. The van der Waals surface area contributed by atoms with Crippen LogP contribution in [0.2, 0.25) is 0 Å². The molecule has 19 heavy (non-hydrogen) atoms. The summed E-state index contributed by atoms with van der Waals surface area (Å²) < 4.78 is 53.5. The Morgan fingerprint density at radius 1 is 1.32 bits per heavy atom. The van der Waals surface area contributed by atoms with E-state index in [1.54, 1.807) is 4.90 Å². The van der Waals surface area contributed by atoms with E-state index in [0.717, 1.165) is 6.07 Å². The zero-order valence-electron chi connectivity index (χ0n) is 10.4. The predicted octanol–water partition coefficient (Wildman–Crippen LogP) is 2.54. The van der Waals surface area contributed by atoms with Crippen molar-refractivity contribution in [2.45, 2.75) is 19.8 Å². The van der Waals surface area contributed by atoms with Crippen LogP contribution in [0.3, 0.4) is 0 Å². The summed E-state index contributed by atoms with van der Waals surface area (Å²) in [6.07, 6.45) is -4.86. The normalized spacial score (nSPS) is 11.9. The first-order valence-corrected chi connectivity index (χ1v) is 5.73. The van der Waals surface area contributed by atoms with Crippen molar-refractivity contribution in [3.05, 3.63) is 29.6 Å². The molecule has 0 radical (unpaired) electrons. The molecule has 0 atom stereocenters. The summed E-state index contributed by atoms with van der Waals surface area (Å²) in [5, 5.41) is 8.83. The molecule has 1 aromatic carbocycles. The van der Waals surface area contributed by atoms with Gasteiger partial charge in [0.2, 0.25) is 0 Å². The Morgan fingerprint density at radius 2 is 2.00 bits per heavy atom. The number of nitrogens with zero attached hydrogens (tertiary/aromatic N) is 1. The lowest BCUT2D eigenvalue weighted by Crippen LogP contribution is -2.27. The average Bonchev–Trinajstić information content (AvgIpc) is 2.29. The first kappa shape index (κ1) is 15.7. The van der Waals surface area contributed by atoms with Gasteiger partial charge < -0.3 is 9.84 Å². The van der Waals surface area contributed by atoms with Gasteiger partial charge in [-0.2, -0.15) is 0 Å². The first-order valence-electron chi connectivity index (χ1n) is 5.73. The van der Waals surface area contributed by atoms with Gasteiger partial charge in [0.25, 0.3) is 0 Å². The van der Waals surface area contributed by atoms with Crippen LogP contribution in [0, 0.1) is 5.82 Å². The van der Waals surface area contributed by atoms with E-state index in [4.69, 9.17) is 5.11 Å². The maximum atomic E-state index is 13.0. The Labute approximate surface area is 108 Å². The van der Waals surface area contributed by atoms with Crippen LogP contribution < -0.4 is 4.74 Å². The smallest absolute Gasteiger partial charge is 0.405 e. The van der Waals surface area contributed by atoms with Crippen molar-refractivity contribution in [2.24, 2.45) is 0 Å². The van der Waals surface area contributed by atoms with Crippen molar-refractivity contribution >= 4 is 0 Å². The summed E-state index contributed by atoms with van der Waals surface area (Å²) in [5.74, 6) is -1.35. The molecule has 0 saturated carbocycles. The molecule has 0 aliphatic rings. The highest BCUT2D eigenvalue weighted by Crippen LogP contribution is 2.28. The van der Waals surface area contributed by atoms with Gasteiger partial charge in [-0.1, -0.05) is 13.0 Å². The van der Waals surface area contributed by atoms with E-state index in [1.807, 2.05) is 6.92 Å². The Bertz CT molecular complexity index is 409. The van der Waals surface area contributed by atoms with E-state index in [0.29, 0.717) is 19.2 Å². The molecular formula is C12H15F4NO2. The van der Waals surface area contributed by atoms with Crippen molar-refractivity contribution in [3.63, 3.8) is 0 Å². The maximum absolute atomic E-state index is 13.0. The second kappa shape index (κ2) is 6.72. The Balaban J connectivity index is 2.92. The number of aliphatic hydroxyl groups excluding tert-OH is 1. The summed E-state index contributed by atoms with van der Waals surface area (Å²) in [7, 11) is 0. The summed E-state index contributed by atoms with van der Waals surface area (Å²) in [4.78, 5) is 1.72. The number of hydrogen-bond acceptors (Lipinski definition) is 3. The molecule has 0 aromatic heterocycles. The fourth-order valence-corrected chi connectivity index (χ4v) is 1.61. The third-order valence-corrected chi connectivity index (χ3v) is 2.51. The van der Waals surface area contributed by atoms with Crippen LogP contribution in [0.5, 0.6) is 5.75 Å². The minimum Gasteiger partial charge on any atom is -0.405 e. The number of hydrogen-bond donors (Lipinski definition) is 1. The Morgan fingerprint density at radius 3 is 2.53 bits per heavy atom. The van der Waals surface area contributed by atoms with Gasteiger partial charge in [0.05, 0.1) is 6.61 Å². The summed E-state index contributed by atoms with van der Waals surface area (Å²) in [6, 6.07) is 3.03. The topological polar surface area (TPSA) is 32.7 Å². The number of alkyl halides is 3. The summed E-state index contributed by atoms with van der Waals surface area (Å²) >= 11 is 0. The third kappa shape index (κ3) is 5.44. The van der Waals surface area contributed by atoms with Crippen LogP contribution in [0.1, 0.15) is 12.5 Å². The third-order valence-electron chi connectivity index (χ3n) is 2.51. The van der Waals surface area contributed by atoms with E-state index >= 15 is 0 Å². The molecule has 0 heterocycles. The van der Waals surface area contributed by atoms with Crippen molar-refractivity contribution in [1.29, 1.82) is 0 Å². The van der Waals surface area contributed by atoms with Crippen LogP contribution in [0.15, 0.2) is 18.2 Å². The molecule has 1 aromatic rings. The molecule has 0 spiro atoms. The van der Waals surface area contributed by atoms with Gasteiger partial charge in [-0.3, -0.25) is 4.90 Å². The van der Waals surface area contributed by atoms with E-state index in [1.165, 1.54) is 6.07 Å². The molecule has 0 bridgehead atoms. The van der Waals surface area contributed by atoms with Crippen molar-refractivity contribution < 1.29 is 27.4 Å². The van der Waals surface area contributed by atoms with E-state index in [9.17, 15) is 17.6 Å². The largest absolute Gasteiger partial charge is 0.573 e. The quantitative estimate of drug-likeness (QED) is 0.813. The molecule has 7 heteroatoms. The molecule has 0 unspecified atom stereocenters. The number of rotatable bonds is 6. The molecule has 0 amide bonds. The van der Waals surface area contributed by atoms with Crippen molar-refractivity contribution in [2.75, 3.05) is 19.7 Å². The average molecular weight is 281 g/mol. The Kier molecular flexibility index (Phi) is 5.56. The summed E-state index contributed by atoms with van der Waals surface area (Å²) in [6.45, 7) is 2.71. The molecule has 0 aliphatic carbocycles. The zero-order chi connectivity index (χ0) is 14.5. The molecule has 1 rings (SSSR count). The van der Waals surface area contributed by atoms with E-state index in [-0.39, 0.29) is 18.7 Å². The molecule has 0 fully saturated rings. The molecular weight excluding hydrogens is 266 g/mol. The lowest BCUT2D eigenvalue weighted by atomic mass is 10.2. The molecule has 3 nitrogen and oxygen atoms in total. The van der Waals surface area contributed by atoms with Gasteiger partial charge in [0.1, 0.15) is 11.6 Å². The standard InChI is InChI=1S/C12H15F4NO2/c1-2-17(5-6-18)8-9-3-4-10(13)7-11(9)19-12(14,15)16/h3-4,7,18H,2,5-6,8H2,1H3. The van der Waals surface area contributed by atoms with Gasteiger partial charge in [0.15, 0.2) is 0 Å². The minimum atomic E-state index is -4.86. The predicted molar refractivity (Wildman–Crippen MR) is 61.1 cm³/mol. The van der Waals surface area contributed by atoms with Gasteiger partial charge >= 0.3 is 6.36 Å². The number of likely N-dealkylation sites (N-methyl/N-ethyl adjacent to an activating group) is 1. The first-order chi connectivity index (χ1) is 8.85. The van der Waals surface area contributed by atoms with Crippen molar-refractivity contribution in [3.8, 4) is 5.75 Å². The van der Waals surface area contributed by atoms with Gasteiger partial charge in [0, 0.05) is 24.7 Å². The van der Waals surface area contributed by atoms with Crippen LogP contribution >= 0.6 is 0 Å². The maximum Gasteiger partial charge on any atom is 0.573 e. The highest BCUT2D eigenvalue weighted by Gasteiger charge is 2.32. The van der Waals surface area contributed by atoms with Crippen LogP contribution in [-0.2, 0) is 6.54 Å². The monoisotopic (exact) mass is 281 g/mol. The fraction of sp³-hybridized carbons (Fsp3) is 0.500. The van der Waals surface area contributed by atoms with E-state index < -0.39 is 17.9 Å². The lowest BCUT2D eigenvalue weighted by Gasteiger charge is -2.21. The SMILES string of the molecule is CCN(CCO)Cc1ccc(F)cc1OC(F)(F)F. The van der Waals surface area contributed by atoms with Crippen LogP contribution in [0.4, 0.5) is 17.6 Å². The number of halogens is 4. The second-order valence-corrected chi connectivity index (χ2v) is 3.89. The molecule has 1 N–H and O–H groups in total. The highest BCUT2D eigenvalue weighted by molar-refractivity contribution is 5.34. The second-order valence-electron chi connectivity index (χ2n) is 3.89. The van der Waals surface area contributed by atoms with Crippen LogP contribution in [0.25, 0.3) is 0 Å². The minimum absolute atomic E-state index is 0.107. The number of benzene rings is 1. The van der Waals surface area contributed by atoms with Gasteiger partial charge in [-0.05, 0) is 12.6 Å². The van der Waals surface area contributed by atoms with Crippen LogP contribution in [-0.4, -0.2) is 36.1 Å². The zero-order valence-corrected chi connectivity index (χ0v) is 10.4. The Hall–Kier alpha value is -1.34. The van der Waals surface area contributed by atoms with E-state index in [2.05, 4.69) is 4.74 Å². The van der Waals surface area contributed by atoms with Gasteiger partial charge in [-0.25, -0.2) is 4.39 Å². The summed E-state index contributed by atoms with van der Waals surface area (Å²) in [5.41, 5.74) is 0.217. The fourth-order valence-electron chi connectivity index (χ4n) is 1.61.